The summed E-state index contributed by atoms with van der Waals surface area (Å²) < 4.78 is 8.14. The van der Waals surface area contributed by atoms with Crippen molar-refractivity contribution in [2.45, 2.75) is 38.3 Å². The lowest BCUT2D eigenvalue weighted by atomic mass is 9.65. The van der Waals surface area contributed by atoms with E-state index in [0.29, 0.717) is 0 Å². The van der Waals surface area contributed by atoms with Crippen molar-refractivity contribution in [1.82, 2.24) is 14.5 Å². The number of aryl methyl sites for hydroxylation is 2. The molecule has 1 N–H and O–H groups in total. The molecule has 0 radical (unpaired) electrons. The number of piperidine rings is 1. The minimum atomic E-state index is -0.810. The highest BCUT2D eigenvalue weighted by atomic mass is 16.3. The molecule has 1 aliphatic heterocycles. The van der Waals surface area contributed by atoms with E-state index in [1.165, 1.54) is 17.4 Å². The predicted molar refractivity (Wildman–Crippen MR) is 104 cm³/mol. The van der Waals surface area contributed by atoms with Gasteiger partial charge in [-0.1, -0.05) is 24.6 Å². The van der Waals surface area contributed by atoms with Crippen molar-refractivity contribution >= 4 is 11.0 Å². The molecule has 2 fully saturated rings. The number of benzene rings is 1. The predicted octanol–water partition coefficient (Wildman–Crippen LogP) is 3.59. The lowest BCUT2D eigenvalue weighted by Crippen LogP contribution is -2.58. The molecule has 2 aliphatic rings. The Morgan fingerprint density at radius 1 is 1.22 bits per heavy atom. The molecule has 2 atom stereocenters. The van der Waals surface area contributed by atoms with Gasteiger partial charge < -0.3 is 14.1 Å². The number of imidazole rings is 1. The third kappa shape index (κ3) is 2.56. The Labute approximate surface area is 159 Å². The van der Waals surface area contributed by atoms with E-state index >= 15 is 0 Å². The molecule has 5 heteroatoms. The van der Waals surface area contributed by atoms with Crippen LogP contribution in [0.15, 0.2) is 41.1 Å². The largest absolute Gasteiger partial charge is 0.459 e. The van der Waals surface area contributed by atoms with Crippen molar-refractivity contribution in [3.8, 4) is 0 Å². The lowest BCUT2D eigenvalue weighted by Gasteiger charge is -2.52. The smallest absolute Gasteiger partial charge is 0.141 e. The zero-order valence-corrected chi connectivity index (χ0v) is 16.1. The Morgan fingerprint density at radius 2 is 1.96 bits per heavy atom. The number of nitrogens with zero attached hydrogens (tertiary/aromatic N) is 3. The summed E-state index contributed by atoms with van der Waals surface area (Å²) in [6.07, 6.45) is 7.03. The number of aromatic nitrogens is 2. The van der Waals surface area contributed by atoms with Crippen LogP contribution in [0.4, 0.5) is 0 Å². The van der Waals surface area contributed by atoms with Crippen LogP contribution in [0.25, 0.3) is 11.0 Å². The van der Waals surface area contributed by atoms with E-state index in [0.717, 1.165) is 49.6 Å². The molecule has 2 aromatic heterocycles. The second-order valence-electron chi connectivity index (χ2n) is 8.35. The van der Waals surface area contributed by atoms with Crippen LogP contribution in [0.5, 0.6) is 0 Å². The molecule has 1 aromatic carbocycles. The molecule has 2 bridgehead atoms. The molecule has 27 heavy (non-hydrogen) atoms. The molecule has 5 nitrogen and oxygen atoms in total. The summed E-state index contributed by atoms with van der Waals surface area (Å²) in [4.78, 5) is 6.99. The summed E-state index contributed by atoms with van der Waals surface area (Å²) in [7, 11) is 1.99. The third-order valence-electron chi connectivity index (χ3n) is 6.80. The maximum absolute atomic E-state index is 11.7. The van der Waals surface area contributed by atoms with Crippen molar-refractivity contribution in [3.63, 3.8) is 0 Å². The van der Waals surface area contributed by atoms with E-state index in [9.17, 15) is 5.11 Å². The van der Waals surface area contributed by atoms with Crippen LogP contribution in [-0.2, 0) is 19.2 Å². The number of aliphatic hydroxyl groups is 1. The topological polar surface area (TPSA) is 54.4 Å². The number of hydrogen-bond acceptors (Lipinski definition) is 4. The Hall–Kier alpha value is -2.11. The van der Waals surface area contributed by atoms with Crippen LogP contribution < -0.4 is 0 Å². The van der Waals surface area contributed by atoms with Crippen molar-refractivity contribution in [3.05, 3.63) is 53.8 Å². The first-order valence-corrected chi connectivity index (χ1v) is 9.97. The van der Waals surface area contributed by atoms with Gasteiger partial charge in [-0.25, -0.2) is 4.98 Å². The normalized spacial score (nSPS) is 28.7. The monoisotopic (exact) mass is 365 g/mol. The van der Waals surface area contributed by atoms with Gasteiger partial charge in [0.15, 0.2) is 0 Å². The zero-order chi connectivity index (χ0) is 18.6. The van der Waals surface area contributed by atoms with E-state index < -0.39 is 5.60 Å². The maximum Gasteiger partial charge on any atom is 0.141 e. The quantitative estimate of drug-likeness (QED) is 0.771. The van der Waals surface area contributed by atoms with Gasteiger partial charge in [-0.05, 0) is 31.4 Å². The molecule has 142 valence electrons. The van der Waals surface area contributed by atoms with E-state index in [1.807, 2.05) is 29.9 Å². The van der Waals surface area contributed by atoms with Gasteiger partial charge in [0.1, 0.15) is 22.8 Å². The van der Waals surface area contributed by atoms with Gasteiger partial charge in [0, 0.05) is 49.8 Å². The minimum Gasteiger partial charge on any atom is -0.459 e. The summed E-state index contributed by atoms with van der Waals surface area (Å²) in [5.74, 6) is 2.32. The number of likely N-dealkylation sites (tertiary alicyclic amines) is 1. The first-order chi connectivity index (χ1) is 13.1. The third-order valence-corrected chi connectivity index (χ3v) is 6.80. The maximum atomic E-state index is 11.7. The fourth-order valence-electron chi connectivity index (χ4n) is 5.37. The minimum absolute atomic E-state index is 0.218. The van der Waals surface area contributed by atoms with E-state index in [1.54, 1.807) is 6.20 Å². The Morgan fingerprint density at radius 3 is 2.63 bits per heavy atom. The van der Waals surface area contributed by atoms with Gasteiger partial charge in [-0.3, -0.25) is 4.90 Å². The number of hydrogen-bond donors (Lipinski definition) is 1. The van der Waals surface area contributed by atoms with Crippen LogP contribution in [0.3, 0.4) is 0 Å². The van der Waals surface area contributed by atoms with Crippen LogP contribution in [0.2, 0.25) is 0 Å². The fourth-order valence-corrected chi connectivity index (χ4v) is 5.37. The first-order valence-electron chi connectivity index (χ1n) is 9.97. The molecule has 0 amide bonds. The molecule has 2 unspecified atom stereocenters. The highest BCUT2D eigenvalue weighted by Gasteiger charge is 2.53. The number of furan rings is 1. The average Bonchev–Trinajstić information content (AvgIpc) is 3.20. The molecule has 0 spiro atoms. The Kier molecular flexibility index (Phi) is 3.92. The summed E-state index contributed by atoms with van der Waals surface area (Å²) in [6.45, 7) is 4.73. The van der Waals surface area contributed by atoms with Crippen LogP contribution in [0, 0.1) is 18.8 Å². The van der Waals surface area contributed by atoms with Gasteiger partial charge >= 0.3 is 0 Å². The summed E-state index contributed by atoms with van der Waals surface area (Å²) in [5, 5.41) is 12.9. The SMILES string of the molecule is Cc1c(CN2CC3CCCC(C2)C3(O)c2nccn2C)oc2ccccc12. The molecule has 3 heterocycles. The second kappa shape index (κ2) is 6.21. The van der Waals surface area contributed by atoms with Gasteiger partial charge in [-0.2, -0.15) is 0 Å². The van der Waals surface area contributed by atoms with Crippen molar-refractivity contribution in [2.24, 2.45) is 18.9 Å². The van der Waals surface area contributed by atoms with Crippen LogP contribution >= 0.6 is 0 Å². The zero-order valence-electron chi connectivity index (χ0n) is 16.1. The van der Waals surface area contributed by atoms with Crippen molar-refractivity contribution in [1.29, 1.82) is 0 Å². The molecular weight excluding hydrogens is 338 g/mol. The van der Waals surface area contributed by atoms with E-state index in [2.05, 4.69) is 28.9 Å². The standard InChI is InChI=1S/C22H27N3O2/c1-15-18-8-3-4-9-19(18)27-20(15)14-25-12-16-6-5-7-17(13-25)22(16,26)21-23-10-11-24(21)2/h3-4,8-11,16-17,26H,5-7,12-14H2,1-2H3. The highest BCUT2D eigenvalue weighted by molar-refractivity contribution is 5.81. The Bertz CT molecular complexity index is 959. The molecule has 3 aromatic rings. The fraction of sp³-hybridized carbons (Fsp3) is 0.500. The van der Waals surface area contributed by atoms with E-state index in [-0.39, 0.29) is 11.8 Å². The summed E-state index contributed by atoms with van der Waals surface area (Å²) in [6, 6.07) is 8.25. The first kappa shape index (κ1) is 17.0. The molecule has 5 rings (SSSR count). The molecule has 1 saturated carbocycles. The summed E-state index contributed by atoms with van der Waals surface area (Å²) in [5.41, 5.74) is 1.39. The van der Waals surface area contributed by atoms with Crippen LogP contribution in [0.1, 0.15) is 36.4 Å². The number of rotatable bonds is 3. The highest BCUT2D eigenvalue weighted by Crippen LogP contribution is 2.48. The molecular formula is C22H27N3O2. The van der Waals surface area contributed by atoms with Gasteiger partial charge in [0.2, 0.25) is 0 Å². The van der Waals surface area contributed by atoms with Gasteiger partial charge in [-0.15, -0.1) is 0 Å². The van der Waals surface area contributed by atoms with Crippen LogP contribution in [-0.4, -0.2) is 32.6 Å². The van der Waals surface area contributed by atoms with E-state index in [4.69, 9.17) is 4.42 Å². The Balaban J connectivity index is 1.43. The molecule has 1 saturated heterocycles. The lowest BCUT2D eigenvalue weighted by molar-refractivity contribution is -0.155. The van der Waals surface area contributed by atoms with Crippen molar-refractivity contribution < 1.29 is 9.52 Å². The summed E-state index contributed by atoms with van der Waals surface area (Å²) >= 11 is 0. The average molecular weight is 365 g/mol. The van der Waals surface area contributed by atoms with Gasteiger partial charge in [0.25, 0.3) is 0 Å². The second-order valence-corrected chi connectivity index (χ2v) is 8.35. The number of fused-ring (bicyclic) bond motifs is 3. The van der Waals surface area contributed by atoms with Crippen molar-refractivity contribution in [2.75, 3.05) is 13.1 Å². The molecule has 1 aliphatic carbocycles. The number of para-hydroxylation sites is 1. The van der Waals surface area contributed by atoms with Gasteiger partial charge in [0.05, 0.1) is 6.54 Å².